The number of carbonyl (C=O) groups is 2. The maximum atomic E-state index is 12.6. The number of nitrogens with zero attached hydrogens (tertiary/aromatic N) is 2. The zero-order chi connectivity index (χ0) is 20.8. The van der Waals surface area contributed by atoms with Crippen molar-refractivity contribution in [2.24, 2.45) is 0 Å². The summed E-state index contributed by atoms with van der Waals surface area (Å²) in [5.74, 6) is 0.219. The summed E-state index contributed by atoms with van der Waals surface area (Å²) in [6.07, 6.45) is 2.27. The lowest BCUT2D eigenvalue weighted by Crippen LogP contribution is -2.50. The molecule has 154 valence electrons. The molecule has 3 aromatic rings. The molecule has 2 aromatic carbocycles. The standard InChI is InChI=1S/C24H25N3O3/c28-23(18-26-12-14-27(15-13-26)24(29)22-11-6-16-30-22)25-21-10-5-4-9-20(21)17-19-7-2-1-3-8-19/h1-11,16H,12-15,17-18H2,(H,25,28). The van der Waals surface area contributed by atoms with E-state index < -0.39 is 0 Å². The zero-order valence-electron chi connectivity index (χ0n) is 16.8. The highest BCUT2D eigenvalue weighted by atomic mass is 16.3. The topological polar surface area (TPSA) is 65.8 Å². The first kappa shape index (κ1) is 19.9. The fourth-order valence-corrected chi connectivity index (χ4v) is 3.67. The minimum Gasteiger partial charge on any atom is -0.459 e. The van der Waals surface area contributed by atoms with Crippen LogP contribution in [-0.4, -0.2) is 54.3 Å². The van der Waals surface area contributed by atoms with Crippen LogP contribution >= 0.6 is 0 Å². The summed E-state index contributed by atoms with van der Waals surface area (Å²) in [5, 5.41) is 3.06. The summed E-state index contributed by atoms with van der Waals surface area (Å²) in [5.41, 5.74) is 3.14. The number of para-hydroxylation sites is 1. The molecule has 1 fully saturated rings. The van der Waals surface area contributed by atoms with Crippen molar-refractivity contribution in [2.45, 2.75) is 6.42 Å². The maximum absolute atomic E-state index is 12.6. The van der Waals surface area contributed by atoms with Crippen molar-refractivity contribution in [3.63, 3.8) is 0 Å². The average Bonchev–Trinajstić information content (AvgIpc) is 3.31. The van der Waals surface area contributed by atoms with Crippen molar-refractivity contribution < 1.29 is 14.0 Å². The molecule has 1 aliphatic heterocycles. The Hall–Kier alpha value is -3.38. The van der Waals surface area contributed by atoms with E-state index in [-0.39, 0.29) is 11.8 Å². The fraction of sp³-hybridized carbons (Fsp3) is 0.250. The van der Waals surface area contributed by atoms with Crippen molar-refractivity contribution in [2.75, 3.05) is 38.0 Å². The highest BCUT2D eigenvalue weighted by Gasteiger charge is 2.24. The van der Waals surface area contributed by atoms with Gasteiger partial charge in [-0.05, 0) is 35.7 Å². The monoisotopic (exact) mass is 403 g/mol. The minimum atomic E-state index is -0.0982. The van der Waals surface area contributed by atoms with Gasteiger partial charge in [-0.15, -0.1) is 0 Å². The zero-order valence-corrected chi connectivity index (χ0v) is 16.8. The number of hydrogen-bond acceptors (Lipinski definition) is 4. The van der Waals surface area contributed by atoms with Crippen LogP contribution in [0.25, 0.3) is 0 Å². The summed E-state index contributed by atoms with van der Waals surface area (Å²) in [6, 6.07) is 21.5. The highest BCUT2D eigenvalue weighted by molar-refractivity contribution is 5.93. The molecule has 0 spiro atoms. The Bertz CT molecular complexity index is 978. The number of furan rings is 1. The lowest BCUT2D eigenvalue weighted by molar-refractivity contribution is -0.117. The molecule has 6 nitrogen and oxygen atoms in total. The minimum absolute atomic E-state index is 0.0404. The quantitative estimate of drug-likeness (QED) is 0.686. The van der Waals surface area contributed by atoms with Crippen molar-refractivity contribution in [1.82, 2.24) is 9.80 Å². The molecule has 6 heteroatoms. The largest absolute Gasteiger partial charge is 0.459 e. The Labute approximate surface area is 176 Å². The van der Waals surface area contributed by atoms with Gasteiger partial charge in [-0.25, -0.2) is 0 Å². The van der Waals surface area contributed by atoms with Crippen molar-refractivity contribution in [3.8, 4) is 0 Å². The summed E-state index contributed by atoms with van der Waals surface area (Å²) in [7, 11) is 0. The van der Waals surface area contributed by atoms with E-state index >= 15 is 0 Å². The Morgan fingerprint density at radius 2 is 1.60 bits per heavy atom. The summed E-state index contributed by atoms with van der Waals surface area (Å²) in [4.78, 5) is 28.8. The molecule has 2 amide bonds. The molecular weight excluding hydrogens is 378 g/mol. The van der Waals surface area contributed by atoms with Gasteiger partial charge in [0.15, 0.2) is 5.76 Å². The van der Waals surface area contributed by atoms with E-state index in [2.05, 4.69) is 22.3 Å². The van der Waals surface area contributed by atoms with Crippen LogP contribution in [-0.2, 0) is 11.2 Å². The van der Waals surface area contributed by atoms with E-state index in [1.807, 2.05) is 42.5 Å². The Kier molecular flexibility index (Phi) is 6.25. The maximum Gasteiger partial charge on any atom is 0.289 e. The van der Waals surface area contributed by atoms with Gasteiger partial charge < -0.3 is 14.6 Å². The third-order valence-corrected chi connectivity index (χ3v) is 5.29. The highest BCUT2D eigenvalue weighted by Crippen LogP contribution is 2.19. The van der Waals surface area contributed by atoms with Gasteiger partial charge in [0, 0.05) is 31.9 Å². The molecule has 0 saturated carbocycles. The van der Waals surface area contributed by atoms with Gasteiger partial charge >= 0.3 is 0 Å². The molecule has 0 bridgehead atoms. The number of amides is 2. The van der Waals surface area contributed by atoms with Gasteiger partial charge in [-0.2, -0.15) is 0 Å². The summed E-state index contributed by atoms with van der Waals surface area (Å²) < 4.78 is 5.19. The van der Waals surface area contributed by atoms with E-state index in [4.69, 9.17) is 4.42 Å². The van der Waals surface area contributed by atoms with E-state index in [0.29, 0.717) is 38.5 Å². The number of anilines is 1. The molecule has 0 aliphatic carbocycles. The number of rotatable bonds is 6. The van der Waals surface area contributed by atoms with Crippen LogP contribution < -0.4 is 5.32 Å². The number of benzene rings is 2. The molecule has 1 saturated heterocycles. The van der Waals surface area contributed by atoms with Crippen LogP contribution in [0.5, 0.6) is 0 Å². The second kappa shape index (κ2) is 9.41. The first-order chi connectivity index (χ1) is 14.7. The molecule has 0 radical (unpaired) electrons. The van der Waals surface area contributed by atoms with Crippen molar-refractivity contribution in [3.05, 3.63) is 89.9 Å². The van der Waals surface area contributed by atoms with Crippen LogP contribution in [0.4, 0.5) is 5.69 Å². The van der Waals surface area contributed by atoms with Crippen LogP contribution in [0.2, 0.25) is 0 Å². The lowest BCUT2D eigenvalue weighted by atomic mass is 10.0. The Balaban J connectivity index is 1.30. The second-order valence-corrected chi connectivity index (χ2v) is 7.41. The second-order valence-electron chi connectivity index (χ2n) is 7.41. The normalized spacial score (nSPS) is 14.5. The van der Waals surface area contributed by atoms with Crippen LogP contribution in [0.1, 0.15) is 21.7 Å². The van der Waals surface area contributed by atoms with Gasteiger partial charge in [0.1, 0.15) is 0 Å². The molecule has 0 unspecified atom stereocenters. The molecule has 30 heavy (non-hydrogen) atoms. The van der Waals surface area contributed by atoms with Crippen LogP contribution in [0.15, 0.2) is 77.4 Å². The van der Waals surface area contributed by atoms with Gasteiger partial charge in [0.25, 0.3) is 5.91 Å². The molecule has 1 N–H and O–H groups in total. The molecular formula is C24H25N3O3. The lowest BCUT2D eigenvalue weighted by Gasteiger charge is -2.33. The molecule has 1 aliphatic rings. The van der Waals surface area contributed by atoms with Gasteiger partial charge in [0.05, 0.1) is 12.8 Å². The van der Waals surface area contributed by atoms with Gasteiger partial charge in [0.2, 0.25) is 5.91 Å². The predicted molar refractivity (Wildman–Crippen MR) is 115 cm³/mol. The predicted octanol–water partition coefficient (Wildman–Crippen LogP) is 3.27. The first-order valence-electron chi connectivity index (χ1n) is 10.2. The summed E-state index contributed by atoms with van der Waals surface area (Å²) >= 11 is 0. The van der Waals surface area contributed by atoms with Crippen molar-refractivity contribution >= 4 is 17.5 Å². The number of carbonyl (C=O) groups excluding carboxylic acids is 2. The van der Waals surface area contributed by atoms with Gasteiger partial charge in [-0.3, -0.25) is 14.5 Å². The molecule has 1 aromatic heterocycles. The third-order valence-electron chi connectivity index (χ3n) is 5.29. The van der Waals surface area contributed by atoms with E-state index in [1.54, 1.807) is 17.0 Å². The van der Waals surface area contributed by atoms with Gasteiger partial charge in [-0.1, -0.05) is 48.5 Å². The van der Waals surface area contributed by atoms with E-state index in [1.165, 1.54) is 11.8 Å². The van der Waals surface area contributed by atoms with Crippen LogP contribution in [0, 0.1) is 0 Å². The fourth-order valence-electron chi connectivity index (χ4n) is 3.67. The van der Waals surface area contributed by atoms with E-state index in [0.717, 1.165) is 17.7 Å². The number of piperazine rings is 1. The number of nitrogens with one attached hydrogen (secondary N) is 1. The summed E-state index contributed by atoms with van der Waals surface area (Å²) in [6.45, 7) is 2.79. The third kappa shape index (κ3) is 4.96. The molecule has 4 rings (SSSR count). The Morgan fingerprint density at radius 1 is 0.867 bits per heavy atom. The number of hydrogen-bond donors (Lipinski definition) is 1. The first-order valence-corrected chi connectivity index (χ1v) is 10.2. The van der Waals surface area contributed by atoms with E-state index in [9.17, 15) is 9.59 Å². The van der Waals surface area contributed by atoms with Crippen molar-refractivity contribution in [1.29, 1.82) is 0 Å². The van der Waals surface area contributed by atoms with Crippen LogP contribution in [0.3, 0.4) is 0 Å². The Morgan fingerprint density at radius 3 is 2.33 bits per heavy atom. The smallest absolute Gasteiger partial charge is 0.289 e. The molecule has 0 atom stereocenters. The SMILES string of the molecule is O=C(CN1CCN(C(=O)c2ccco2)CC1)Nc1ccccc1Cc1ccccc1. The average molecular weight is 403 g/mol. The molecule has 2 heterocycles.